The molecule has 0 aromatic carbocycles. The lowest BCUT2D eigenvalue weighted by Crippen LogP contribution is -2.66. The molecule has 5 heteroatoms. The Labute approximate surface area is 132 Å². The van der Waals surface area contributed by atoms with E-state index in [-0.39, 0.29) is 35.7 Å². The molecular formula is C16H28N2O2S. The first-order valence-electron chi connectivity index (χ1n) is 8.14. The number of nitrogens with zero attached hydrogens (tertiary/aromatic N) is 1. The van der Waals surface area contributed by atoms with Crippen molar-refractivity contribution in [2.24, 2.45) is 11.8 Å². The summed E-state index contributed by atoms with van der Waals surface area (Å²) >= 11 is 1.96. The van der Waals surface area contributed by atoms with Gasteiger partial charge in [0.15, 0.2) is 0 Å². The SMILES string of the molecule is CC(C)C1NC(=O)C(C(C)C)N(CC2CCCCS2)C1=O. The molecule has 0 aliphatic carbocycles. The molecule has 0 spiro atoms. The van der Waals surface area contributed by atoms with Gasteiger partial charge in [0.2, 0.25) is 11.8 Å². The third-order valence-electron chi connectivity index (χ3n) is 4.42. The number of hydrogen-bond donors (Lipinski definition) is 1. The Balaban J connectivity index is 2.16. The fraction of sp³-hybridized carbons (Fsp3) is 0.875. The highest BCUT2D eigenvalue weighted by Crippen LogP contribution is 2.29. The van der Waals surface area contributed by atoms with Gasteiger partial charge in [0.05, 0.1) is 0 Å². The minimum atomic E-state index is -0.360. The van der Waals surface area contributed by atoms with E-state index >= 15 is 0 Å². The Kier molecular flexibility index (Phi) is 5.58. The van der Waals surface area contributed by atoms with Crippen LogP contribution in [0, 0.1) is 11.8 Å². The van der Waals surface area contributed by atoms with E-state index in [4.69, 9.17) is 0 Å². The summed E-state index contributed by atoms with van der Waals surface area (Å²) in [7, 11) is 0. The fourth-order valence-electron chi connectivity index (χ4n) is 3.25. The number of carbonyl (C=O) groups excluding carboxylic acids is 2. The van der Waals surface area contributed by atoms with Gasteiger partial charge in [-0.25, -0.2) is 0 Å². The molecule has 0 aromatic heterocycles. The van der Waals surface area contributed by atoms with Crippen LogP contribution in [-0.2, 0) is 9.59 Å². The molecule has 2 amide bonds. The first-order valence-corrected chi connectivity index (χ1v) is 9.19. The van der Waals surface area contributed by atoms with Gasteiger partial charge in [-0.3, -0.25) is 9.59 Å². The highest BCUT2D eigenvalue weighted by atomic mass is 32.2. The summed E-state index contributed by atoms with van der Waals surface area (Å²) in [6, 6.07) is -0.670. The molecule has 120 valence electrons. The van der Waals surface area contributed by atoms with Crippen molar-refractivity contribution in [3.8, 4) is 0 Å². The average molecular weight is 312 g/mol. The number of nitrogens with one attached hydrogen (secondary N) is 1. The predicted molar refractivity (Wildman–Crippen MR) is 87.2 cm³/mol. The molecule has 2 fully saturated rings. The van der Waals surface area contributed by atoms with Gasteiger partial charge in [-0.05, 0) is 30.4 Å². The van der Waals surface area contributed by atoms with Crippen LogP contribution in [0.15, 0.2) is 0 Å². The van der Waals surface area contributed by atoms with Crippen LogP contribution in [0.1, 0.15) is 47.0 Å². The van der Waals surface area contributed by atoms with Crippen LogP contribution in [-0.4, -0.2) is 46.3 Å². The van der Waals surface area contributed by atoms with Crippen LogP contribution in [0.4, 0.5) is 0 Å². The number of carbonyl (C=O) groups is 2. The standard InChI is InChI=1S/C16H28N2O2S/c1-10(2)13-16(20)18(9-12-7-5-6-8-21-12)14(11(3)4)15(19)17-13/h10-14H,5-9H2,1-4H3,(H,17,19). The van der Waals surface area contributed by atoms with Crippen molar-refractivity contribution in [3.05, 3.63) is 0 Å². The van der Waals surface area contributed by atoms with Gasteiger partial charge in [-0.1, -0.05) is 34.1 Å². The maximum Gasteiger partial charge on any atom is 0.246 e. The van der Waals surface area contributed by atoms with Gasteiger partial charge in [-0.2, -0.15) is 11.8 Å². The molecule has 0 radical (unpaired) electrons. The zero-order chi connectivity index (χ0) is 15.6. The topological polar surface area (TPSA) is 49.4 Å². The predicted octanol–water partition coefficient (Wildman–Crippen LogP) is 2.28. The maximum atomic E-state index is 12.8. The van der Waals surface area contributed by atoms with E-state index in [0.29, 0.717) is 5.25 Å². The van der Waals surface area contributed by atoms with Gasteiger partial charge < -0.3 is 10.2 Å². The summed E-state index contributed by atoms with van der Waals surface area (Å²) in [5.41, 5.74) is 0. The molecule has 21 heavy (non-hydrogen) atoms. The molecule has 2 saturated heterocycles. The van der Waals surface area contributed by atoms with E-state index in [1.807, 2.05) is 44.4 Å². The molecule has 0 bridgehead atoms. The molecule has 0 aromatic rings. The smallest absolute Gasteiger partial charge is 0.246 e. The largest absolute Gasteiger partial charge is 0.342 e. The molecule has 2 aliphatic rings. The van der Waals surface area contributed by atoms with Crippen LogP contribution in [0.3, 0.4) is 0 Å². The number of rotatable bonds is 4. The Morgan fingerprint density at radius 3 is 2.43 bits per heavy atom. The maximum absolute atomic E-state index is 12.8. The summed E-state index contributed by atoms with van der Waals surface area (Å²) in [4.78, 5) is 27.1. The lowest BCUT2D eigenvalue weighted by Gasteiger charge is -2.43. The highest BCUT2D eigenvalue weighted by Gasteiger charge is 2.43. The first-order chi connectivity index (χ1) is 9.91. The fourth-order valence-corrected chi connectivity index (χ4v) is 4.55. The van der Waals surface area contributed by atoms with Crippen LogP contribution < -0.4 is 5.32 Å². The number of piperazine rings is 1. The van der Waals surface area contributed by atoms with Crippen molar-refractivity contribution >= 4 is 23.6 Å². The van der Waals surface area contributed by atoms with E-state index in [9.17, 15) is 9.59 Å². The quantitative estimate of drug-likeness (QED) is 0.866. The molecule has 1 N–H and O–H groups in total. The Hall–Kier alpha value is -0.710. The summed E-state index contributed by atoms with van der Waals surface area (Å²) in [5.74, 6) is 1.59. The van der Waals surface area contributed by atoms with Gasteiger partial charge in [0.25, 0.3) is 0 Å². The van der Waals surface area contributed by atoms with Crippen molar-refractivity contribution < 1.29 is 9.59 Å². The second kappa shape index (κ2) is 7.03. The van der Waals surface area contributed by atoms with Crippen molar-refractivity contribution in [3.63, 3.8) is 0 Å². The van der Waals surface area contributed by atoms with Crippen molar-refractivity contribution in [1.82, 2.24) is 10.2 Å². The van der Waals surface area contributed by atoms with Crippen LogP contribution in [0.2, 0.25) is 0 Å². The minimum Gasteiger partial charge on any atom is -0.342 e. The molecule has 4 nitrogen and oxygen atoms in total. The van der Waals surface area contributed by atoms with Crippen LogP contribution in [0.5, 0.6) is 0 Å². The molecule has 2 heterocycles. The first kappa shape index (κ1) is 16.7. The van der Waals surface area contributed by atoms with Crippen molar-refractivity contribution in [2.45, 2.75) is 64.3 Å². The lowest BCUT2D eigenvalue weighted by molar-refractivity contribution is -0.152. The Bertz CT molecular complexity index is 392. The molecule has 3 unspecified atom stereocenters. The third kappa shape index (κ3) is 3.74. The highest BCUT2D eigenvalue weighted by molar-refractivity contribution is 7.99. The Morgan fingerprint density at radius 1 is 1.19 bits per heavy atom. The van der Waals surface area contributed by atoms with E-state index in [1.165, 1.54) is 18.6 Å². The molecule has 0 saturated carbocycles. The summed E-state index contributed by atoms with van der Waals surface area (Å²) in [6.45, 7) is 8.75. The summed E-state index contributed by atoms with van der Waals surface area (Å²) in [5, 5.41) is 3.42. The van der Waals surface area contributed by atoms with E-state index < -0.39 is 0 Å². The molecule has 3 atom stereocenters. The summed E-state index contributed by atoms with van der Waals surface area (Å²) < 4.78 is 0. The number of thioether (sulfide) groups is 1. The monoisotopic (exact) mass is 312 g/mol. The Morgan fingerprint density at radius 2 is 1.90 bits per heavy atom. The van der Waals surface area contributed by atoms with Gasteiger partial charge in [0.1, 0.15) is 12.1 Å². The van der Waals surface area contributed by atoms with Gasteiger partial charge >= 0.3 is 0 Å². The van der Waals surface area contributed by atoms with Gasteiger partial charge in [-0.15, -0.1) is 0 Å². The lowest BCUT2D eigenvalue weighted by atomic mass is 9.92. The van der Waals surface area contributed by atoms with Crippen molar-refractivity contribution in [1.29, 1.82) is 0 Å². The van der Waals surface area contributed by atoms with Crippen molar-refractivity contribution in [2.75, 3.05) is 12.3 Å². The van der Waals surface area contributed by atoms with Gasteiger partial charge in [0, 0.05) is 11.8 Å². The molecular weight excluding hydrogens is 284 g/mol. The summed E-state index contributed by atoms with van der Waals surface area (Å²) in [6.07, 6.45) is 3.68. The second-order valence-electron chi connectivity index (χ2n) is 6.90. The minimum absolute atomic E-state index is 0.0177. The molecule has 2 aliphatic heterocycles. The molecule has 2 rings (SSSR count). The zero-order valence-corrected chi connectivity index (χ0v) is 14.4. The second-order valence-corrected chi connectivity index (χ2v) is 8.31. The average Bonchev–Trinajstić information content (AvgIpc) is 2.43. The van der Waals surface area contributed by atoms with Crippen LogP contribution in [0.25, 0.3) is 0 Å². The van der Waals surface area contributed by atoms with E-state index in [1.54, 1.807) is 0 Å². The number of amides is 2. The normalized spacial score (nSPS) is 31.0. The number of hydrogen-bond acceptors (Lipinski definition) is 3. The third-order valence-corrected chi connectivity index (χ3v) is 5.80. The van der Waals surface area contributed by atoms with E-state index in [0.717, 1.165) is 13.0 Å². The zero-order valence-electron chi connectivity index (χ0n) is 13.6. The van der Waals surface area contributed by atoms with Crippen LogP contribution >= 0.6 is 11.8 Å². The van der Waals surface area contributed by atoms with E-state index in [2.05, 4.69) is 5.32 Å².